The van der Waals surface area contributed by atoms with Crippen LogP contribution in [0.5, 0.6) is 0 Å². The molecule has 0 bridgehead atoms. The van der Waals surface area contributed by atoms with Crippen LogP contribution in [0.4, 0.5) is 0 Å². The summed E-state index contributed by atoms with van der Waals surface area (Å²) in [7, 11) is 0. The van der Waals surface area contributed by atoms with Crippen molar-refractivity contribution in [2.45, 2.75) is 19.3 Å². The van der Waals surface area contributed by atoms with Crippen molar-refractivity contribution in [2.75, 3.05) is 0 Å². The van der Waals surface area contributed by atoms with Crippen LogP contribution < -0.4 is 0 Å². The molecule has 0 amide bonds. The standard InChI is InChI=1S/C17H15ClN4OS/c1-10-8-13(10)15-7-6-11(23-15)9-19-22-16(20-21-17(22)24)12-4-2-3-5-14(12)18/h2-7,9-10,13H,8H2,1H3,(H,21,24)/b19-9-/t10-,13-/m1/s1. The maximum atomic E-state index is 6.24. The molecule has 2 heterocycles. The summed E-state index contributed by atoms with van der Waals surface area (Å²) in [5.41, 5.74) is 0.760. The molecule has 1 N–H and O–H groups in total. The van der Waals surface area contributed by atoms with E-state index >= 15 is 0 Å². The highest BCUT2D eigenvalue weighted by atomic mass is 35.5. The van der Waals surface area contributed by atoms with Gasteiger partial charge in [0.15, 0.2) is 5.82 Å². The number of halogens is 1. The summed E-state index contributed by atoms with van der Waals surface area (Å²) in [6.07, 6.45) is 2.83. The van der Waals surface area contributed by atoms with Crippen LogP contribution in [0.25, 0.3) is 11.4 Å². The Labute approximate surface area is 149 Å². The van der Waals surface area contributed by atoms with Crippen molar-refractivity contribution in [2.24, 2.45) is 11.0 Å². The first-order valence-corrected chi connectivity index (χ1v) is 8.48. The third-order valence-electron chi connectivity index (χ3n) is 4.19. The number of aromatic amines is 1. The van der Waals surface area contributed by atoms with Crippen LogP contribution >= 0.6 is 23.8 Å². The smallest absolute Gasteiger partial charge is 0.216 e. The minimum Gasteiger partial charge on any atom is -0.460 e. The van der Waals surface area contributed by atoms with Crippen molar-refractivity contribution in [1.29, 1.82) is 0 Å². The van der Waals surface area contributed by atoms with Crippen LogP contribution in [0.1, 0.15) is 30.8 Å². The van der Waals surface area contributed by atoms with E-state index in [1.54, 1.807) is 17.0 Å². The van der Waals surface area contributed by atoms with E-state index in [9.17, 15) is 0 Å². The molecule has 1 fully saturated rings. The maximum Gasteiger partial charge on any atom is 0.216 e. The first kappa shape index (κ1) is 15.4. The van der Waals surface area contributed by atoms with Gasteiger partial charge in [-0.15, -0.1) is 0 Å². The summed E-state index contributed by atoms with van der Waals surface area (Å²) < 4.78 is 7.76. The van der Waals surface area contributed by atoms with E-state index in [-0.39, 0.29) is 0 Å². The highest BCUT2D eigenvalue weighted by Crippen LogP contribution is 2.47. The molecule has 2 aromatic heterocycles. The molecule has 5 nitrogen and oxygen atoms in total. The number of rotatable bonds is 4. The molecule has 1 aliphatic carbocycles. The van der Waals surface area contributed by atoms with Crippen molar-refractivity contribution < 1.29 is 4.42 Å². The van der Waals surface area contributed by atoms with Crippen LogP contribution in [0.2, 0.25) is 5.02 Å². The third-order valence-corrected chi connectivity index (χ3v) is 4.78. The fourth-order valence-electron chi connectivity index (χ4n) is 2.69. The molecule has 1 saturated carbocycles. The lowest BCUT2D eigenvalue weighted by atomic mass is 10.2. The number of H-pyrrole nitrogens is 1. The minimum atomic E-state index is 0.392. The number of nitrogens with zero attached hydrogens (tertiary/aromatic N) is 3. The van der Waals surface area contributed by atoms with Gasteiger partial charge in [0.1, 0.15) is 11.5 Å². The van der Waals surface area contributed by atoms with E-state index in [0.717, 1.165) is 11.3 Å². The Kier molecular flexibility index (Phi) is 3.86. The lowest BCUT2D eigenvalue weighted by molar-refractivity contribution is 0.500. The average molecular weight is 359 g/mol. The molecule has 4 rings (SSSR count). The van der Waals surface area contributed by atoms with Crippen LogP contribution in [0.3, 0.4) is 0 Å². The number of hydrogen-bond acceptors (Lipinski definition) is 4. The monoisotopic (exact) mass is 358 g/mol. The Morgan fingerprint density at radius 2 is 2.17 bits per heavy atom. The summed E-state index contributed by atoms with van der Waals surface area (Å²) in [5, 5.41) is 12.0. The van der Waals surface area contributed by atoms with Gasteiger partial charge in [-0.2, -0.15) is 14.9 Å². The lowest BCUT2D eigenvalue weighted by Gasteiger charge is -2.02. The molecule has 1 aromatic carbocycles. The molecule has 3 aromatic rings. The van der Waals surface area contributed by atoms with E-state index in [4.69, 9.17) is 28.2 Å². The summed E-state index contributed by atoms with van der Waals surface area (Å²) in [6.45, 7) is 2.22. The first-order valence-electron chi connectivity index (χ1n) is 7.70. The highest BCUT2D eigenvalue weighted by molar-refractivity contribution is 7.71. The van der Waals surface area contributed by atoms with Crippen molar-refractivity contribution in [1.82, 2.24) is 14.9 Å². The van der Waals surface area contributed by atoms with Gasteiger partial charge < -0.3 is 4.42 Å². The molecule has 24 heavy (non-hydrogen) atoms. The van der Waals surface area contributed by atoms with E-state index in [1.807, 2.05) is 30.3 Å². The fraction of sp³-hybridized carbons (Fsp3) is 0.235. The Morgan fingerprint density at radius 1 is 1.38 bits per heavy atom. The normalized spacial score (nSPS) is 19.9. The molecule has 0 radical (unpaired) electrons. The summed E-state index contributed by atoms with van der Waals surface area (Å²) in [5.74, 6) is 3.52. The molecule has 2 atom stereocenters. The molecule has 1 aliphatic rings. The summed E-state index contributed by atoms with van der Waals surface area (Å²) >= 11 is 11.5. The Balaban J connectivity index is 1.65. The largest absolute Gasteiger partial charge is 0.460 e. The van der Waals surface area contributed by atoms with E-state index < -0.39 is 0 Å². The van der Waals surface area contributed by atoms with Gasteiger partial charge in [0.05, 0.1) is 11.2 Å². The Bertz CT molecular complexity index is 971. The molecule has 0 spiro atoms. The van der Waals surface area contributed by atoms with E-state index in [2.05, 4.69) is 22.2 Å². The van der Waals surface area contributed by atoms with Gasteiger partial charge in [0, 0.05) is 11.5 Å². The van der Waals surface area contributed by atoms with Crippen molar-refractivity contribution >= 4 is 30.0 Å². The van der Waals surface area contributed by atoms with Crippen LogP contribution in [-0.2, 0) is 0 Å². The molecule has 0 unspecified atom stereocenters. The van der Waals surface area contributed by atoms with Crippen molar-refractivity contribution in [3.63, 3.8) is 0 Å². The second-order valence-electron chi connectivity index (χ2n) is 5.95. The SMILES string of the molecule is C[C@@H]1C[C@H]1c1ccc(/C=N\n2c(-c3ccccc3Cl)n[nH]c2=S)o1. The topological polar surface area (TPSA) is 59.1 Å². The number of aromatic nitrogens is 3. The second kappa shape index (κ2) is 6.03. The number of hydrogen-bond donors (Lipinski definition) is 1. The fourth-order valence-corrected chi connectivity index (χ4v) is 3.09. The quantitative estimate of drug-likeness (QED) is 0.535. The van der Waals surface area contributed by atoms with Crippen LogP contribution in [0, 0.1) is 10.7 Å². The zero-order valence-electron chi connectivity index (χ0n) is 12.9. The number of nitrogens with one attached hydrogen (secondary N) is 1. The predicted octanol–water partition coefficient (Wildman–Crippen LogP) is 4.86. The van der Waals surface area contributed by atoms with Gasteiger partial charge in [0.25, 0.3) is 0 Å². The number of furan rings is 1. The first-order chi connectivity index (χ1) is 11.6. The van der Waals surface area contributed by atoms with Crippen LogP contribution in [-0.4, -0.2) is 21.1 Å². The van der Waals surface area contributed by atoms with Gasteiger partial charge in [-0.3, -0.25) is 0 Å². The van der Waals surface area contributed by atoms with Crippen molar-refractivity contribution in [3.8, 4) is 11.4 Å². The molecular formula is C17H15ClN4OS. The second-order valence-corrected chi connectivity index (χ2v) is 6.74. The Morgan fingerprint density at radius 3 is 2.92 bits per heavy atom. The third kappa shape index (κ3) is 2.83. The zero-order valence-corrected chi connectivity index (χ0v) is 14.5. The average Bonchev–Trinajstić information content (AvgIpc) is 2.97. The molecular weight excluding hydrogens is 344 g/mol. The van der Waals surface area contributed by atoms with Gasteiger partial charge in [-0.1, -0.05) is 30.7 Å². The van der Waals surface area contributed by atoms with E-state index in [1.165, 1.54) is 6.42 Å². The molecule has 7 heteroatoms. The predicted molar refractivity (Wildman–Crippen MR) is 96.1 cm³/mol. The van der Waals surface area contributed by atoms with Gasteiger partial charge in [0.2, 0.25) is 4.77 Å². The minimum absolute atomic E-state index is 0.392. The van der Waals surface area contributed by atoms with Crippen LogP contribution in [0.15, 0.2) is 45.9 Å². The van der Waals surface area contributed by atoms with E-state index in [0.29, 0.717) is 33.2 Å². The summed E-state index contributed by atoms with van der Waals surface area (Å²) in [4.78, 5) is 0. The van der Waals surface area contributed by atoms with Gasteiger partial charge >= 0.3 is 0 Å². The highest BCUT2D eigenvalue weighted by Gasteiger charge is 2.36. The number of benzene rings is 1. The van der Waals surface area contributed by atoms with Gasteiger partial charge in [-0.05, 0) is 48.8 Å². The Hall–Kier alpha value is -2.18. The maximum absolute atomic E-state index is 6.24. The molecule has 0 aliphatic heterocycles. The van der Waals surface area contributed by atoms with Gasteiger partial charge in [-0.25, -0.2) is 5.10 Å². The molecule has 122 valence electrons. The molecule has 0 saturated heterocycles. The summed E-state index contributed by atoms with van der Waals surface area (Å²) in [6, 6.07) is 11.4. The van der Waals surface area contributed by atoms with Crippen molar-refractivity contribution in [3.05, 3.63) is 57.7 Å². The lowest BCUT2D eigenvalue weighted by Crippen LogP contribution is -1.95. The zero-order chi connectivity index (χ0) is 16.7.